The van der Waals surface area contributed by atoms with Gasteiger partial charge in [-0.15, -0.1) is 0 Å². The predicted molar refractivity (Wildman–Crippen MR) is 81.2 cm³/mol. The van der Waals surface area contributed by atoms with E-state index in [0.717, 1.165) is 41.8 Å². The summed E-state index contributed by atoms with van der Waals surface area (Å²) in [7, 11) is 0. The number of fused-ring (bicyclic) bond motifs is 1. The first-order valence-corrected chi connectivity index (χ1v) is 7.09. The minimum atomic E-state index is 0.116. The minimum absolute atomic E-state index is 0.116. The number of aryl methyl sites for hydroxylation is 2. The van der Waals surface area contributed by atoms with Crippen LogP contribution in [-0.4, -0.2) is 12.3 Å². The van der Waals surface area contributed by atoms with Crippen molar-refractivity contribution in [2.24, 2.45) is 0 Å². The number of hydrogen-bond acceptors (Lipinski definition) is 2. The molecule has 2 nitrogen and oxygen atoms in total. The van der Waals surface area contributed by atoms with Crippen molar-refractivity contribution in [2.45, 2.75) is 26.8 Å². The maximum absolute atomic E-state index is 12.6. The Labute approximate surface area is 119 Å². The van der Waals surface area contributed by atoms with Gasteiger partial charge in [-0.25, -0.2) is 0 Å². The lowest BCUT2D eigenvalue weighted by Crippen LogP contribution is -2.23. The van der Waals surface area contributed by atoms with Crippen LogP contribution in [0, 0.1) is 13.8 Å². The zero-order valence-corrected chi connectivity index (χ0v) is 12.0. The SMILES string of the molecule is Cc1cc(C)cc(C(=O)c2ccc3c(c2)CNCC3)c1. The summed E-state index contributed by atoms with van der Waals surface area (Å²) in [6, 6.07) is 12.1. The third-order valence-corrected chi connectivity index (χ3v) is 3.84. The highest BCUT2D eigenvalue weighted by molar-refractivity contribution is 6.09. The van der Waals surface area contributed by atoms with E-state index in [1.54, 1.807) is 0 Å². The maximum atomic E-state index is 12.6. The lowest BCUT2D eigenvalue weighted by molar-refractivity contribution is 0.103. The molecule has 0 fully saturated rings. The van der Waals surface area contributed by atoms with E-state index in [0.29, 0.717) is 0 Å². The summed E-state index contributed by atoms with van der Waals surface area (Å²) in [4.78, 5) is 12.6. The molecule has 0 spiro atoms. The van der Waals surface area contributed by atoms with Gasteiger partial charge in [0.05, 0.1) is 0 Å². The molecule has 0 amide bonds. The molecule has 1 aliphatic rings. The summed E-state index contributed by atoms with van der Waals surface area (Å²) in [5.74, 6) is 0.116. The molecule has 0 atom stereocenters. The van der Waals surface area contributed by atoms with Crippen molar-refractivity contribution in [1.29, 1.82) is 0 Å². The molecule has 1 heterocycles. The van der Waals surface area contributed by atoms with Gasteiger partial charge in [0.25, 0.3) is 0 Å². The Morgan fingerprint density at radius 2 is 1.70 bits per heavy atom. The summed E-state index contributed by atoms with van der Waals surface area (Å²) in [5.41, 5.74) is 6.46. The first-order valence-electron chi connectivity index (χ1n) is 7.09. The van der Waals surface area contributed by atoms with Crippen LogP contribution in [0.3, 0.4) is 0 Å². The average Bonchev–Trinajstić information content (AvgIpc) is 2.45. The third kappa shape index (κ3) is 2.52. The van der Waals surface area contributed by atoms with E-state index in [9.17, 15) is 4.79 Å². The fraction of sp³-hybridized carbons (Fsp3) is 0.278. The van der Waals surface area contributed by atoms with Crippen molar-refractivity contribution in [3.8, 4) is 0 Å². The number of carbonyl (C=O) groups is 1. The Bertz CT molecular complexity index is 653. The van der Waals surface area contributed by atoms with E-state index in [2.05, 4.69) is 17.4 Å². The van der Waals surface area contributed by atoms with Crippen molar-refractivity contribution >= 4 is 5.78 Å². The number of hydrogen-bond donors (Lipinski definition) is 1. The van der Waals surface area contributed by atoms with E-state index in [4.69, 9.17) is 0 Å². The zero-order valence-electron chi connectivity index (χ0n) is 12.0. The van der Waals surface area contributed by atoms with Gasteiger partial charge in [0.15, 0.2) is 5.78 Å². The Kier molecular flexibility index (Phi) is 3.41. The number of benzene rings is 2. The van der Waals surface area contributed by atoms with Gasteiger partial charge in [-0.2, -0.15) is 0 Å². The van der Waals surface area contributed by atoms with Crippen LogP contribution in [0.2, 0.25) is 0 Å². The fourth-order valence-corrected chi connectivity index (χ4v) is 2.89. The first kappa shape index (κ1) is 13.1. The normalized spacial score (nSPS) is 13.9. The standard InChI is InChI=1S/C18H19NO/c1-12-7-13(2)9-16(8-12)18(20)15-4-3-14-5-6-19-11-17(14)10-15/h3-4,7-10,19H,5-6,11H2,1-2H3. The summed E-state index contributed by atoms with van der Waals surface area (Å²) >= 11 is 0. The molecule has 1 aliphatic heterocycles. The molecule has 3 rings (SSSR count). The van der Waals surface area contributed by atoms with Crippen molar-refractivity contribution in [2.75, 3.05) is 6.54 Å². The molecule has 2 heteroatoms. The van der Waals surface area contributed by atoms with Crippen LogP contribution in [0.5, 0.6) is 0 Å². The van der Waals surface area contributed by atoms with Crippen LogP contribution in [0.1, 0.15) is 38.2 Å². The number of nitrogens with one attached hydrogen (secondary N) is 1. The molecule has 2 aromatic carbocycles. The number of carbonyl (C=O) groups excluding carboxylic acids is 1. The lowest BCUT2D eigenvalue weighted by atomic mass is 9.94. The monoisotopic (exact) mass is 265 g/mol. The van der Waals surface area contributed by atoms with Gasteiger partial charge in [0, 0.05) is 17.7 Å². The quantitative estimate of drug-likeness (QED) is 0.845. The first-order chi connectivity index (χ1) is 9.63. The Balaban J connectivity index is 1.97. The van der Waals surface area contributed by atoms with E-state index in [1.807, 2.05) is 38.1 Å². The molecule has 102 valence electrons. The van der Waals surface area contributed by atoms with Crippen LogP contribution >= 0.6 is 0 Å². The van der Waals surface area contributed by atoms with Crippen molar-refractivity contribution in [1.82, 2.24) is 5.32 Å². The average molecular weight is 265 g/mol. The van der Waals surface area contributed by atoms with Crippen LogP contribution in [-0.2, 0) is 13.0 Å². The largest absolute Gasteiger partial charge is 0.312 e. The van der Waals surface area contributed by atoms with Gasteiger partial charge in [0.2, 0.25) is 0 Å². The Hall–Kier alpha value is -1.93. The highest BCUT2D eigenvalue weighted by atomic mass is 16.1. The summed E-state index contributed by atoms with van der Waals surface area (Å²) in [5, 5.41) is 3.35. The van der Waals surface area contributed by atoms with Gasteiger partial charge < -0.3 is 5.32 Å². The Morgan fingerprint density at radius 3 is 2.45 bits per heavy atom. The molecule has 0 aromatic heterocycles. The van der Waals surface area contributed by atoms with E-state index in [-0.39, 0.29) is 5.78 Å². The molecule has 0 saturated heterocycles. The third-order valence-electron chi connectivity index (χ3n) is 3.84. The molecular weight excluding hydrogens is 246 g/mol. The molecule has 2 aromatic rings. The summed E-state index contributed by atoms with van der Waals surface area (Å²) in [6.07, 6.45) is 1.05. The highest BCUT2D eigenvalue weighted by Crippen LogP contribution is 2.19. The van der Waals surface area contributed by atoms with Crippen molar-refractivity contribution in [3.63, 3.8) is 0 Å². The molecule has 0 unspecified atom stereocenters. The second-order valence-corrected chi connectivity index (χ2v) is 5.62. The van der Waals surface area contributed by atoms with E-state index < -0.39 is 0 Å². The summed E-state index contributed by atoms with van der Waals surface area (Å²) < 4.78 is 0. The zero-order chi connectivity index (χ0) is 14.1. The fourth-order valence-electron chi connectivity index (χ4n) is 2.89. The molecule has 0 bridgehead atoms. The van der Waals surface area contributed by atoms with Gasteiger partial charge >= 0.3 is 0 Å². The maximum Gasteiger partial charge on any atom is 0.193 e. The molecule has 1 N–H and O–H groups in total. The molecule has 0 radical (unpaired) electrons. The second kappa shape index (κ2) is 5.22. The van der Waals surface area contributed by atoms with Crippen LogP contribution in [0.4, 0.5) is 0 Å². The second-order valence-electron chi connectivity index (χ2n) is 5.62. The van der Waals surface area contributed by atoms with Crippen LogP contribution in [0.15, 0.2) is 36.4 Å². The topological polar surface area (TPSA) is 29.1 Å². The van der Waals surface area contributed by atoms with Crippen molar-refractivity contribution in [3.05, 3.63) is 69.8 Å². The van der Waals surface area contributed by atoms with Crippen molar-refractivity contribution < 1.29 is 4.79 Å². The van der Waals surface area contributed by atoms with Gasteiger partial charge in [-0.1, -0.05) is 29.3 Å². The number of ketones is 1. The smallest absolute Gasteiger partial charge is 0.193 e. The predicted octanol–water partition coefficient (Wildman–Crippen LogP) is 3.18. The van der Waals surface area contributed by atoms with Crippen LogP contribution < -0.4 is 5.32 Å². The molecular formula is C18H19NO. The highest BCUT2D eigenvalue weighted by Gasteiger charge is 2.14. The van der Waals surface area contributed by atoms with E-state index in [1.165, 1.54) is 11.1 Å². The van der Waals surface area contributed by atoms with Crippen LogP contribution in [0.25, 0.3) is 0 Å². The lowest BCUT2D eigenvalue weighted by Gasteiger charge is -2.17. The molecule has 0 saturated carbocycles. The van der Waals surface area contributed by atoms with Gasteiger partial charge in [-0.3, -0.25) is 4.79 Å². The van der Waals surface area contributed by atoms with E-state index >= 15 is 0 Å². The van der Waals surface area contributed by atoms with Gasteiger partial charge in [0.1, 0.15) is 0 Å². The molecule has 0 aliphatic carbocycles. The Morgan fingerprint density at radius 1 is 0.950 bits per heavy atom. The minimum Gasteiger partial charge on any atom is -0.312 e. The molecule has 20 heavy (non-hydrogen) atoms. The number of rotatable bonds is 2. The summed E-state index contributed by atoms with van der Waals surface area (Å²) in [6.45, 7) is 5.95. The van der Waals surface area contributed by atoms with Gasteiger partial charge in [-0.05, 0) is 56.1 Å².